The number of rotatable bonds is 12. The van der Waals surface area contributed by atoms with Crippen LogP contribution in [-0.4, -0.2) is 48.4 Å². The molecule has 0 aliphatic rings. The number of amides is 2. The van der Waals surface area contributed by atoms with Crippen LogP contribution in [0.5, 0.6) is 0 Å². The van der Waals surface area contributed by atoms with Gasteiger partial charge in [0.1, 0.15) is 16.5 Å². The first kappa shape index (κ1) is 32.2. The number of urea groups is 1. The number of imidazole rings is 1. The first-order valence-electron chi connectivity index (χ1n) is 13.8. The molecule has 0 spiro atoms. The number of ether oxygens (including phenoxy) is 1. The van der Waals surface area contributed by atoms with Gasteiger partial charge < -0.3 is 14.6 Å². The Balaban J connectivity index is 1.95. The van der Waals surface area contributed by atoms with Crippen molar-refractivity contribution in [2.45, 2.75) is 82.4 Å². The van der Waals surface area contributed by atoms with E-state index in [0.717, 1.165) is 30.7 Å². The fourth-order valence-electron chi connectivity index (χ4n) is 4.20. The molecule has 41 heavy (non-hydrogen) atoms. The fourth-order valence-corrected chi connectivity index (χ4v) is 5.94. The standard InChI is InChI=1S/C30H40N4O5S2/c1-7-9-14-25-32-27(40-6)26(28(35)39-30(3,4)5)34(25)20-21-15-17-22(18-16-21)23-12-10-11-13-24(23)41(37,38)33-29(36)31-19-8-2/h10-13,15-18H,7-9,14,19-20H2,1-6H3,(H2,31,33,36). The zero-order valence-electron chi connectivity index (χ0n) is 24.6. The van der Waals surface area contributed by atoms with Crippen LogP contribution in [0.3, 0.4) is 0 Å². The van der Waals surface area contributed by atoms with Crippen LogP contribution in [0.1, 0.15) is 75.8 Å². The average Bonchev–Trinajstić information content (AvgIpc) is 3.27. The van der Waals surface area contributed by atoms with Gasteiger partial charge in [-0.2, -0.15) is 0 Å². The number of nitrogens with one attached hydrogen (secondary N) is 2. The monoisotopic (exact) mass is 600 g/mol. The summed E-state index contributed by atoms with van der Waals surface area (Å²) in [5, 5.41) is 3.16. The average molecular weight is 601 g/mol. The summed E-state index contributed by atoms with van der Waals surface area (Å²) in [5.41, 5.74) is 1.86. The van der Waals surface area contributed by atoms with Crippen molar-refractivity contribution in [3.05, 3.63) is 65.6 Å². The minimum absolute atomic E-state index is 0.00712. The van der Waals surface area contributed by atoms with Crippen LogP contribution in [-0.2, 0) is 27.7 Å². The number of nitrogens with zero attached hydrogens (tertiary/aromatic N) is 2. The second kappa shape index (κ2) is 14.0. The Morgan fingerprint density at radius 1 is 1.02 bits per heavy atom. The van der Waals surface area contributed by atoms with Crippen molar-refractivity contribution in [2.75, 3.05) is 12.8 Å². The van der Waals surface area contributed by atoms with Gasteiger partial charge in [0.25, 0.3) is 10.0 Å². The van der Waals surface area contributed by atoms with Crippen LogP contribution in [0.25, 0.3) is 11.1 Å². The Morgan fingerprint density at radius 2 is 1.71 bits per heavy atom. The van der Waals surface area contributed by atoms with Crippen molar-refractivity contribution < 1.29 is 22.7 Å². The summed E-state index contributed by atoms with van der Waals surface area (Å²) in [4.78, 5) is 30.1. The van der Waals surface area contributed by atoms with E-state index in [4.69, 9.17) is 9.72 Å². The summed E-state index contributed by atoms with van der Waals surface area (Å²) in [6, 6.07) is 13.3. The van der Waals surface area contributed by atoms with Gasteiger partial charge in [0.15, 0.2) is 5.69 Å². The van der Waals surface area contributed by atoms with Gasteiger partial charge in [0.05, 0.1) is 4.90 Å². The Labute approximate surface area is 247 Å². The molecule has 222 valence electrons. The molecule has 11 heteroatoms. The van der Waals surface area contributed by atoms with Crippen molar-refractivity contribution in [3.63, 3.8) is 0 Å². The van der Waals surface area contributed by atoms with E-state index < -0.39 is 27.6 Å². The molecule has 2 N–H and O–H groups in total. The third kappa shape index (κ3) is 8.59. The molecule has 0 fully saturated rings. The van der Waals surface area contributed by atoms with Gasteiger partial charge in [0.2, 0.25) is 0 Å². The quantitative estimate of drug-likeness (QED) is 0.193. The minimum atomic E-state index is -4.10. The van der Waals surface area contributed by atoms with Gasteiger partial charge in [-0.3, -0.25) is 0 Å². The molecule has 0 unspecified atom stereocenters. The zero-order valence-corrected chi connectivity index (χ0v) is 26.2. The maximum absolute atomic E-state index is 13.3. The molecule has 9 nitrogen and oxygen atoms in total. The van der Waals surface area contributed by atoms with Crippen molar-refractivity contribution in [3.8, 4) is 11.1 Å². The molecule has 1 heterocycles. The third-order valence-electron chi connectivity index (χ3n) is 6.10. The van der Waals surface area contributed by atoms with E-state index in [9.17, 15) is 18.0 Å². The van der Waals surface area contributed by atoms with E-state index in [1.807, 2.05) is 62.8 Å². The predicted octanol–water partition coefficient (Wildman–Crippen LogP) is 6.02. The number of aromatic nitrogens is 2. The van der Waals surface area contributed by atoms with Gasteiger partial charge in [0, 0.05) is 25.1 Å². The second-order valence-corrected chi connectivity index (χ2v) is 13.1. The SMILES string of the molecule is CCCCc1nc(SC)c(C(=O)OC(C)(C)C)n1Cc1ccc(-c2ccccc2S(=O)(=O)NC(=O)NCCC)cc1. The second-order valence-electron chi connectivity index (χ2n) is 10.6. The third-order valence-corrected chi connectivity index (χ3v) is 8.16. The lowest BCUT2D eigenvalue weighted by atomic mass is 10.0. The molecule has 2 amide bonds. The van der Waals surface area contributed by atoms with Crippen LogP contribution >= 0.6 is 11.8 Å². The highest BCUT2D eigenvalue weighted by atomic mass is 32.2. The molecule has 0 bridgehead atoms. The van der Waals surface area contributed by atoms with E-state index in [2.05, 4.69) is 17.0 Å². The molecule has 0 saturated heterocycles. The number of carbonyl (C=O) groups is 2. The van der Waals surface area contributed by atoms with Gasteiger partial charge in [-0.1, -0.05) is 62.7 Å². The number of benzene rings is 2. The normalized spacial score (nSPS) is 11.8. The summed E-state index contributed by atoms with van der Waals surface area (Å²) in [7, 11) is -4.10. The van der Waals surface area contributed by atoms with Gasteiger partial charge in [-0.05, 0) is 57.1 Å². The van der Waals surface area contributed by atoms with Crippen molar-refractivity contribution in [1.29, 1.82) is 0 Å². The topological polar surface area (TPSA) is 119 Å². The lowest BCUT2D eigenvalue weighted by molar-refractivity contribution is 0.00532. The number of esters is 1. The first-order chi connectivity index (χ1) is 19.4. The van der Waals surface area contributed by atoms with E-state index in [0.29, 0.717) is 41.4 Å². The van der Waals surface area contributed by atoms with Crippen LogP contribution in [0.15, 0.2) is 58.5 Å². The summed E-state index contributed by atoms with van der Waals surface area (Å²) in [5.74, 6) is 0.410. The number of thioether (sulfide) groups is 1. The maximum Gasteiger partial charge on any atom is 0.358 e. The molecule has 2 aromatic carbocycles. The van der Waals surface area contributed by atoms with Gasteiger partial charge >= 0.3 is 12.0 Å². The molecular formula is C30H40N4O5S2. The molecule has 1 aromatic heterocycles. The molecule has 0 aliphatic carbocycles. The Hall–Kier alpha value is -3.31. The first-order valence-corrected chi connectivity index (χ1v) is 16.5. The van der Waals surface area contributed by atoms with E-state index >= 15 is 0 Å². The zero-order chi connectivity index (χ0) is 30.2. The highest BCUT2D eigenvalue weighted by Gasteiger charge is 2.28. The number of carbonyl (C=O) groups excluding carboxylic acids is 2. The van der Waals surface area contributed by atoms with E-state index in [-0.39, 0.29) is 4.90 Å². The number of aryl methyl sites for hydroxylation is 1. The summed E-state index contributed by atoms with van der Waals surface area (Å²) in [6.45, 7) is 10.3. The fraction of sp³-hybridized carbons (Fsp3) is 0.433. The van der Waals surface area contributed by atoms with Crippen LogP contribution in [0, 0.1) is 0 Å². The van der Waals surface area contributed by atoms with Crippen LogP contribution in [0.4, 0.5) is 4.79 Å². The van der Waals surface area contributed by atoms with Crippen molar-refractivity contribution in [1.82, 2.24) is 19.6 Å². The Kier molecular flexibility index (Phi) is 11.0. The van der Waals surface area contributed by atoms with Gasteiger partial charge in [-0.25, -0.2) is 27.7 Å². The van der Waals surface area contributed by atoms with Crippen molar-refractivity contribution in [2.24, 2.45) is 0 Å². The molecule has 0 atom stereocenters. The molecule has 3 rings (SSSR count). The summed E-state index contributed by atoms with van der Waals surface area (Å²) >= 11 is 1.42. The molecular weight excluding hydrogens is 560 g/mol. The van der Waals surface area contributed by atoms with E-state index in [1.54, 1.807) is 18.2 Å². The summed E-state index contributed by atoms with van der Waals surface area (Å²) < 4.78 is 35.8. The highest BCUT2D eigenvalue weighted by Crippen LogP contribution is 2.29. The number of hydrogen-bond donors (Lipinski definition) is 2. The Bertz CT molecular complexity index is 1460. The molecule has 0 aliphatic heterocycles. The smallest absolute Gasteiger partial charge is 0.358 e. The largest absolute Gasteiger partial charge is 0.455 e. The molecule has 0 radical (unpaired) electrons. The Morgan fingerprint density at radius 3 is 2.32 bits per heavy atom. The lowest BCUT2D eigenvalue weighted by Crippen LogP contribution is -2.39. The number of sulfonamides is 1. The predicted molar refractivity (Wildman–Crippen MR) is 163 cm³/mol. The van der Waals surface area contributed by atoms with E-state index in [1.165, 1.54) is 17.8 Å². The van der Waals surface area contributed by atoms with Crippen LogP contribution < -0.4 is 10.0 Å². The van der Waals surface area contributed by atoms with Crippen molar-refractivity contribution >= 4 is 33.8 Å². The maximum atomic E-state index is 13.3. The van der Waals surface area contributed by atoms with Gasteiger partial charge in [-0.15, -0.1) is 11.8 Å². The van der Waals surface area contributed by atoms with Crippen LogP contribution in [0.2, 0.25) is 0 Å². The minimum Gasteiger partial charge on any atom is -0.455 e. The summed E-state index contributed by atoms with van der Waals surface area (Å²) in [6.07, 6.45) is 5.25. The lowest BCUT2D eigenvalue weighted by Gasteiger charge is -2.21. The number of hydrogen-bond acceptors (Lipinski definition) is 7. The molecule has 0 saturated carbocycles. The molecule has 3 aromatic rings. The highest BCUT2D eigenvalue weighted by molar-refractivity contribution is 7.98. The number of unbranched alkanes of at least 4 members (excludes halogenated alkanes) is 1.